The fourth-order valence-electron chi connectivity index (χ4n) is 1.07. The van der Waals surface area contributed by atoms with Gasteiger partial charge in [-0.1, -0.05) is 20.8 Å². The number of hydrogen-bond donors (Lipinski definition) is 1. The number of ether oxygens (including phenoxy) is 1. The molecule has 0 saturated heterocycles. The predicted molar refractivity (Wildman–Crippen MR) is 62.2 cm³/mol. The Hall–Kier alpha value is -0.710. The molecule has 0 spiro atoms. The molecule has 0 unspecified atom stereocenters. The van der Waals surface area contributed by atoms with Crippen molar-refractivity contribution in [2.45, 2.75) is 26.8 Å². The zero-order chi connectivity index (χ0) is 12.1. The summed E-state index contributed by atoms with van der Waals surface area (Å²) >= 11 is 1.52. The van der Waals surface area contributed by atoms with E-state index in [2.05, 4.69) is 10.1 Å². The Labute approximate surface area is 95.1 Å². The van der Waals surface area contributed by atoms with E-state index in [4.69, 9.17) is 0 Å². The van der Waals surface area contributed by atoms with Crippen LogP contribution in [-0.4, -0.2) is 37.0 Å². The number of rotatable bonds is 4. The number of alkyl carbamates (subject to hydrolysis) is 1. The van der Waals surface area contributed by atoms with Gasteiger partial charge in [0.1, 0.15) is 6.04 Å². The number of ketones is 1. The summed E-state index contributed by atoms with van der Waals surface area (Å²) in [5, 5.41) is 2.54. The molecule has 0 radical (unpaired) electrons. The van der Waals surface area contributed by atoms with Gasteiger partial charge in [-0.25, -0.2) is 4.79 Å². The first-order valence-electron chi connectivity index (χ1n) is 4.70. The van der Waals surface area contributed by atoms with Gasteiger partial charge in [-0.2, -0.15) is 11.8 Å². The van der Waals surface area contributed by atoms with Gasteiger partial charge in [0.25, 0.3) is 0 Å². The van der Waals surface area contributed by atoms with Gasteiger partial charge >= 0.3 is 6.09 Å². The van der Waals surface area contributed by atoms with Crippen LogP contribution in [0.1, 0.15) is 20.8 Å². The Bertz CT molecular complexity index is 235. The minimum absolute atomic E-state index is 0.0160. The molecule has 4 nitrogen and oxygen atoms in total. The fourth-order valence-corrected chi connectivity index (χ4v) is 1.64. The average molecular weight is 233 g/mol. The second kappa shape index (κ2) is 6.00. The molecule has 0 bridgehead atoms. The first kappa shape index (κ1) is 14.3. The lowest BCUT2D eigenvalue weighted by molar-refractivity contribution is -0.127. The number of amides is 1. The van der Waals surface area contributed by atoms with Crippen molar-refractivity contribution in [1.82, 2.24) is 5.32 Å². The number of carbonyl (C=O) groups is 2. The molecule has 0 aliphatic rings. The molecule has 1 amide bonds. The molecule has 0 aromatic carbocycles. The molecule has 0 aromatic rings. The highest BCUT2D eigenvalue weighted by Gasteiger charge is 2.30. The number of methoxy groups -OCH3 is 1. The lowest BCUT2D eigenvalue weighted by Gasteiger charge is -2.24. The van der Waals surface area contributed by atoms with Crippen LogP contribution in [0.5, 0.6) is 0 Å². The van der Waals surface area contributed by atoms with E-state index in [-0.39, 0.29) is 5.78 Å². The van der Waals surface area contributed by atoms with E-state index in [0.29, 0.717) is 5.75 Å². The molecular formula is C10H19NO3S. The summed E-state index contributed by atoms with van der Waals surface area (Å²) in [6.07, 6.45) is 1.33. The van der Waals surface area contributed by atoms with Gasteiger partial charge in [0.15, 0.2) is 5.78 Å². The van der Waals surface area contributed by atoms with E-state index in [1.54, 1.807) is 0 Å². The molecular weight excluding hydrogens is 214 g/mol. The van der Waals surface area contributed by atoms with Crippen molar-refractivity contribution in [1.29, 1.82) is 0 Å². The Kier molecular flexibility index (Phi) is 5.72. The van der Waals surface area contributed by atoms with Gasteiger partial charge in [0.2, 0.25) is 0 Å². The van der Waals surface area contributed by atoms with E-state index >= 15 is 0 Å². The zero-order valence-corrected chi connectivity index (χ0v) is 10.7. The van der Waals surface area contributed by atoms with Crippen LogP contribution in [0.4, 0.5) is 4.79 Å². The third-order valence-corrected chi connectivity index (χ3v) is 2.53. The van der Waals surface area contributed by atoms with Crippen molar-refractivity contribution in [2.24, 2.45) is 5.41 Å². The van der Waals surface area contributed by atoms with Gasteiger partial charge in [0.05, 0.1) is 7.11 Å². The Morgan fingerprint density at radius 3 is 2.27 bits per heavy atom. The van der Waals surface area contributed by atoms with Gasteiger partial charge in [-0.15, -0.1) is 0 Å². The van der Waals surface area contributed by atoms with Crippen LogP contribution in [-0.2, 0) is 9.53 Å². The number of carbonyl (C=O) groups excluding carboxylic acids is 2. The molecule has 5 heteroatoms. The fraction of sp³-hybridized carbons (Fsp3) is 0.800. The first-order chi connectivity index (χ1) is 6.82. The smallest absolute Gasteiger partial charge is 0.407 e. The number of nitrogens with one attached hydrogen (secondary N) is 1. The molecule has 1 atom stereocenters. The Morgan fingerprint density at radius 2 is 1.93 bits per heavy atom. The highest BCUT2D eigenvalue weighted by atomic mass is 32.2. The van der Waals surface area contributed by atoms with Gasteiger partial charge in [-0.3, -0.25) is 4.79 Å². The molecule has 0 aromatic heterocycles. The molecule has 0 rings (SSSR count). The maximum Gasteiger partial charge on any atom is 0.407 e. The molecule has 0 heterocycles. The summed E-state index contributed by atoms with van der Waals surface area (Å²) in [5.41, 5.74) is -0.457. The molecule has 1 N–H and O–H groups in total. The number of Topliss-reactive ketones (excluding diaryl/α,β-unsaturated/α-hetero) is 1. The normalized spacial score (nSPS) is 13.1. The second-order valence-corrected chi connectivity index (χ2v) is 5.17. The van der Waals surface area contributed by atoms with E-state index in [0.717, 1.165) is 0 Å². The van der Waals surface area contributed by atoms with Crippen molar-refractivity contribution in [2.75, 3.05) is 19.1 Å². The number of hydrogen-bond acceptors (Lipinski definition) is 4. The molecule has 0 aliphatic heterocycles. The van der Waals surface area contributed by atoms with Crippen LogP contribution in [0.2, 0.25) is 0 Å². The second-order valence-electron chi connectivity index (χ2n) is 4.26. The van der Waals surface area contributed by atoms with Crippen molar-refractivity contribution < 1.29 is 14.3 Å². The van der Waals surface area contributed by atoms with E-state index in [1.165, 1.54) is 18.9 Å². The van der Waals surface area contributed by atoms with E-state index in [9.17, 15) is 9.59 Å². The lowest BCUT2D eigenvalue weighted by Crippen LogP contribution is -2.47. The maximum absolute atomic E-state index is 11.9. The minimum atomic E-state index is -0.563. The third-order valence-electron chi connectivity index (χ3n) is 1.87. The molecule has 0 saturated carbocycles. The highest BCUT2D eigenvalue weighted by Crippen LogP contribution is 2.18. The van der Waals surface area contributed by atoms with Crippen molar-refractivity contribution >= 4 is 23.6 Å². The van der Waals surface area contributed by atoms with Crippen LogP contribution < -0.4 is 5.32 Å². The van der Waals surface area contributed by atoms with Gasteiger partial charge < -0.3 is 10.1 Å². The van der Waals surface area contributed by atoms with Crippen molar-refractivity contribution in [3.8, 4) is 0 Å². The summed E-state index contributed by atoms with van der Waals surface area (Å²) in [6.45, 7) is 5.50. The average Bonchev–Trinajstić information content (AvgIpc) is 2.14. The quantitative estimate of drug-likeness (QED) is 0.803. The molecule has 15 heavy (non-hydrogen) atoms. The van der Waals surface area contributed by atoms with Gasteiger partial charge in [0, 0.05) is 11.2 Å². The first-order valence-corrected chi connectivity index (χ1v) is 6.10. The summed E-state index contributed by atoms with van der Waals surface area (Å²) in [6, 6.07) is -0.479. The van der Waals surface area contributed by atoms with Gasteiger partial charge in [-0.05, 0) is 6.26 Å². The molecule has 88 valence electrons. The van der Waals surface area contributed by atoms with Crippen LogP contribution >= 0.6 is 11.8 Å². The molecule has 0 fully saturated rings. The zero-order valence-electron chi connectivity index (χ0n) is 9.92. The van der Waals surface area contributed by atoms with E-state index < -0.39 is 17.6 Å². The maximum atomic E-state index is 11.9. The Morgan fingerprint density at radius 1 is 1.40 bits per heavy atom. The summed E-state index contributed by atoms with van der Waals surface area (Å²) < 4.78 is 4.48. The largest absolute Gasteiger partial charge is 0.453 e. The monoisotopic (exact) mass is 233 g/mol. The van der Waals surface area contributed by atoms with E-state index in [1.807, 2.05) is 27.0 Å². The summed E-state index contributed by atoms with van der Waals surface area (Å²) in [7, 11) is 1.28. The summed E-state index contributed by atoms with van der Waals surface area (Å²) in [4.78, 5) is 23.0. The molecule has 0 aliphatic carbocycles. The van der Waals surface area contributed by atoms with Crippen molar-refractivity contribution in [3.05, 3.63) is 0 Å². The van der Waals surface area contributed by atoms with Crippen LogP contribution in [0.25, 0.3) is 0 Å². The van der Waals surface area contributed by atoms with Crippen molar-refractivity contribution in [3.63, 3.8) is 0 Å². The van der Waals surface area contributed by atoms with Crippen LogP contribution in [0.15, 0.2) is 0 Å². The lowest BCUT2D eigenvalue weighted by atomic mass is 9.87. The van der Waals surface area contributed by atoms with Crippen LogP contribution in [0, 0.1) is 5.41 Å². The SMILES string of the molecule is COC(=O)N[C@@H](CSC)C(=O)C(C)(C)C. The predicted octanol–water partition coefficient (Wildman–Crippen LogP) is 1.69. The number of thioether (sulfide) groups is 1. The summed E-state index contributed by atoms with van der Waals surface area (Å²) in [5.74, 6) is 0.577. The minimum Gasteiger partial charge on any atom is -0.453 e. The Balaban J connectivity index is 4.52. The highest BCUT2D eigenvalue weighted by molar-refractivity contribution is 7.98. The van der Waals surface area contributed by atoms with Crippen LogP contribution in [0.3, 0.4) is 0 Å². The standard InChI is InChI=1S/C10H19NO3S/c1-10(2,3)8(12)7(6-15-5)11-9(13)14-4/h7H,6H2,1-5H3,(H,11,13)/t7-/m0/s1. The third kappa shape index (κ3) is 5.06. The topological polar surface area (TPSA) is 55.4 Å².